The molecule has 1 aromatic carbocycles. The summed E-state index contributed by atoms with van der Waals surface area (Å²) < 4.78 is 0. The van der Waals surface area contributed by atoms with Crippen LogP contribution in [0.4, 0.5) is 17.1 Å². The lowest BCUT2D eigenvalue weighted by atomic mass is 10.2. The predicted molar refractivity (Wildman–Crippen MR) is 88.1 cm³/mol. The third kappa shape index (κ3) is 5.23. The van der Waals surface area contributed by atoms with Gasteiger partial charge in [-0.3, -0.25) is 10.1 Å². The fourth-order valence-corrected chi connectivity index (χ4v) is 2.03. The summed E-state index contributed by atoms with van der Waals surface area (Å²) in [6.45, 7) is 8.56. The Morgan fingerprint density at radius 1 is 1.29 bits per heavy atom. The van der Waals surface area contributed by atoms with E-state index in [0.29, 0.717) is 30.5 Å². The number of hydrogen-bond donors (Lipinski definition) is 2. The topological polar surface area (TPSA) is 70.4 Å². The summed E-state index contributed by atoms with van der Waals surface area (Å²) in [5, 5.41) is 17.5. The molecule has 0 amide bonds. The lowest BCUT2D eigenvalue weighted by Gasteiger charge is -2.20. The normalized spacial score (nSPS) is 11.0. The molecule has 0 fully saturated rings. The SMILES string of the molecule is CCNc1cccc(NCCCN(C)C(C)C)c1[N+](=O)[O-]. The molecule has 0 saturated heterocycles. The zero-order valence-electron chi connectivity index (χ0n) is 13.3. The van der Waals surface area contributed by atoms with E-state index in [-0.39, 0.29) is 10.6 Å². The Kier molecular flexibility index (Phi) is 6.94. The van der Waals surface area contributed by atoms with Crippen LogP contribution in [0.2, 0.25) is 0 Å². The van der Waals surface area contributed by atoms with Crippen molar-refractivity contribution in [3.05, 3.63) is 28.3 Å². The lowest BCUT2D eigenvalue weighted by molar-refractivity contribution is -0.383. The molecule has 0 radical (unpaired) electrons. The van der Waals surface area contributed by atoms with E-state index in [2.05, 4.69) is 36.4 Å². The molecule has 2 N–H and O–H groups in total. The summed E-state index contributed by atoms with van der Waals surface area (Å²) >= 11 is 0. The Morgan fingerprint density at radius 2 is 1.90 bits per heavy atom. The Morgan fingerprint density at radius 3 is 2.43 bits per heavy atom. The van der Waals surface area contributed by atoms with Gasteiger partial charge in [-0.25, -0.2) is 0 Å². The van der Waals surface area contributed by atoms with Crippen LogP contribution in [0.25, 0.3) is 0 Å². The molecule has 0 heterocycles. The minimum absolute atomic E-state index is 0.122. The predicted octanol–water partition coefficient (Wildman–Crippen LogP) is 3.17. The number of nitro groups is 1. The van der Waals surface area contributed by atoms with Crippen molar-refractivity contribution < 1.29 is 4.92 Å². The highest BCUT2D eigenvalue weighted by Crippen LogP contribution is 2.32. The molecule has 0 aliphatic carbocycles. The van der Waals surface area contributed by atoms with Crippen LogP contribution < -0.4 is 10.6 Å². The molecule has 6 heteroatoms. The van der Waals surface area contributed by atoms with Crippen LogP contribution in [-0.4, -0.2) is 42.5 Å². The van der Waals surface area contributed by atoms with Crippen molar-refractivity contribution in [3.63, 3.8) is 0 Å². The van der Waals surface area contributed by atoms with Gasteiger partial charge in [-0.2, -0.15) is 0 Å². The van der Waals surface area contributed by atoms with Gasteiger partial charge in [0.05, 0.1) is 4.92 Å². The summed E-state index contributed by atoms with van der Waals surface area (Å²) in [6, 6.07) is 5.83. The third-order valence-corrected chi connectivity index (χ3v) is 3.47. The van der Waals surface area contributed by atoms with E-state index in [4.69, 9.17) is 0 Å². The Labute approximate surface area is 126 Å². The average Bonchev–Trinajstić information content (AvgIpc) is 2.43. The molecule has 0 aromatic heterocycles. The van der Waals surface area contributed by atoms with Crippen LogP contribution >= 0.6 is 0 Å². The maximum atomic E-state index is 11.3. The quantitative estimate of drug-likeness (QED) is 0.416. The zero-order chi connectivity index (χ0) is 15.8. The summed E-state index contributed by atoms with van der Waals surface area (Å²) in [5.41, 5.74) is 1.26. The number of nitrogens with zero attached hydrogens (tertiary/aromatic N) is 2. The van der Waals surface area contributed by atoms with Gasteiger partial charge in [0.2, 0.25) is 0 Å². The van der Waals surface area contributed by atoms with Crippen molar-refractivity contribution in [1.29, 1.82) is 0 Å². The van der Waals surface area contributed by atoms with Crippen LogP contribution in [0.15, 0.2) is 18.2 Å². The first-order valence-corrected chi connectivity index (χ1v) is 7.42. The molecule has 0 bridgehead atoms. The molecule has 118 valence electrons. The monoisotopic (exact) mass is 294 g/mol. The van der Waals surface area contributed by atoms with E-state index < -0.39 is 0 Å². The second kappa shape index (κ2) is 8.46. The summed E-state index contributed by atoms with van der Waals surface area (Å²) in [4.78, 5) is 13.2. The van der Waals surface area contributed by atoms with Gasteiger partial charge in [0, 0.05) is 19.1 Å². The van der Waals surface area contributed by atoms with Gasteiger partial charge >= 0.3 is 5.69 Å². The second-order valence-corrected chi connectivity index (χ2v) is 5.34. The summed E-state index contributed by atoms with van der Waals surface area (Å²) in [5.74, 6) is 0. The molecular weight excluding hydrogens is 268 g/mol. The number of anilines is 2. The van der Waals surface area contributed by atoms with E-state index in [9.17, 15) is 10.1 Å². The van der Waals surface area contributed by atoms with Crippen LogP contribution in [0, 0.1) is 10.1 Å². The smallest absolute Gasteiger partial charge is 0.315 e. The molecule has 0 aliphatic heterocycles. The van der Waals surface area contributed by atoms with Gasteiger partial charge in [-0.05, 0) is 52.9 Å². The van der Waals surface area contributed by atoms with Crippen molar-refractivity contribution in [2.45, 2.75) is 33.2 Å². The van der Waals surface area contributed by atoms with Gasteiger partial charge in [-0.15, -0.1) is 0 Å². The van der Waals surface area contributed by atoms with Crippen LogP contribution in [0.3, 0.4) is 0 Å². The van der Waals surface area contributed by atoms with Gasteiger partial charge in [0.25, 0.3) is 0 Å². The van der Waals surface area contributed by atoms with E-state index in [1.807, 2.05) is 13.0 Å². The summed E-state index contributed by atoms with van der Waals surface area (Å²) in [6.07, 6.45) is 0.942. The minimum atomic E-state index is -0.333. The first kappa shape index (κ1) is 17.2. The van der Waals surface area contributed by atoms with Gasteiger partial charge in [0.1, 0.15) is 11.4 Å². The molecule has 0 saturated carbocycles. The van der Waals surface area contributed by atoms with Crippen LogP contribution in [0.1, 0.15) is 27.2 Å². The number of hydrogen-bond acceptors (Lipinski definition) is 5. The minimum Gasteiger partial charge on any atom is -0.380 e. The fourth-order valence-electron chi connectivity index (χ4n) is 2.03. The fraction of sp³-hybridized carbons (Fsp3) is 0.600. The van der Waals surface area contributed by atoms with Crippen LogP contribution in [-0.2, 0) is 0 Å². The lowest BCUT2D eigenvalue weighted by Crippen LogP contribution is -2.28. The first-order valence-electron chi connectivity index (χ1n) is 7.42. The maximum absolute atomic E-state index is 11.3. The number of nitrogens with one attached hydrogen (secondary N) is 2. The number of nitro benzene ring substituents is 1. The van der Waals surface area contributed by atoms with Crippen molar-refractivity contribution in [3.8, 4) is 0 Å². The van der Waals surface area contributed by atoms with Crippen molar-refractivity contribution in [1.82, 2.24) is 4.90 Å². The highest BCUT2D eigenvalue weighted by atomic mass is 16.6. The first-order chi connectivity index (χ1) is 9.97. The van der Waals surface area contributed by atoms with Gasteiger partial charge < -0.3 is 15.5 Å². The number of rotatable bonds is 9. The van der Waals surface area contributed by atoms with E-state index >= 15 is 0 Å². The van der Waals surface area contributed by atoms with Gasteiger partial charge in [-0.1, -0.05) is 6.07 Å². The molecule has 1 rings (SSSR count). The van der Waals surface area contributed by atoms with Crippen LogP contribution in [0.5, 0.6) is 0 Å². The van der Waals surface area contributed by atoms with Crippen molar-refractivity contribution in [2.24, 2.45) is 0 Å². The molecule has 0 spiro atoms. The molecule has 1 aromatic rings. The number of benzene rings is 1. The van der Waals surface area contributed by atoms with E-state index in [1.165, 1.54) is 0 Å². The largest absolute Gasteiger partial charge is 0.380 e. The Bertz CT molecular complexity index is 463. The standard InChI is InChI=1S/C15H26N4O2/c1-5-16-13-8-6-9-14(15(13)19(20)21)17-10-7-11-18(4)12(2)3/h6,8-9,12,16-17H,5,7,10-11H2,1-4H3. The Hall–Kier alpha value is -1.82. The van der Waals surface area contributed by atoms with Crippen molar-refractivity contribution >= 4 is 17.1 Å². The van der Waals surface area contributed by atoms with E-state index in [1.54, 1.807) is 12.1 Å². The maximum Gasteiger partial charge on any atom is 0.315 e. The molecule has 0 aliphatic rings. The highest BCUT2D eigenvalue weighted by molar-refractivity contribution is 5.76. The van der Waals surface area contributed by atoms with E-state index in [0.717, 1.165) is 13.0 Å². The average molecular weight is 294 g/mol. The molecular formula is C15H26N4O2. The molecule has 6 nitrogen and oxygen atoms in total. The zero-order valence-corrected chi connectivity index (χ0v) is 13.3. The molecule has 21 heavy (non-hydrogen) atoms. The Balaban J connectivity index is 2.66. The molecule has 0 unspecified atom stereocenters. The number of para-hydroxylation sites is 1. The van der Waals surface area contributed by atoms with Crippen molar-refractivity contribution in [2.75, 3.05) is 37.3 Å². The van der Waals surface area contributed by atoms with Gasteiger partial charge in [0.15, 0.2) is 0 Å². The molecule has 0 atom stereocenters. The second-order valence-electron chi connectivity index (χ2n) is 5.34. The third-order valence-electron chi connectivity index (χ3n) is 3.47. The highest BCUT2D eigenvalue weighted by Gasteiger charge is 2.18. The summed E-state index contributed by atoms with van der Waals surface area (Å²) in [7, 11) is 2.08.